The van der Waals surface area contributed by atoms with Crippen molar-refractivity contribution in [1.29, 1.82) is 5.41 Å². The minimum Gasteiger partial charge on any atom is -0.469 e. The number of hydrogen-bond donors (Lipinski definition) is 1. The molecule has 0 bridgehead atoms. The van der Waals surface area contributed by atoms with Crippen LogP contribution < -0.4 is 0 Å². The van der Waals surface area contributed by atoms with Gasteiger partial charge in [-0.15, -0.1) is 0 Å². The molecule has 4 heteroatoms. The highest BCUT2D eigenvalue weighted by Crippen LogP contribution is 2.06. The molecule has 0 saturated carbocycles. The van der Waals surface area contributed by atoms with Gasteiger partial charge in [0.05, 0.1) is 13.5 Å². The number of hydrogen-bond acceptors (Lipinski definition) is 3. The molecule has 0 spiro atoms. The van der Waals surface area contributed by atoms with Crippen LogP contribution in [0.1, 0.15) is 12.0 Å². The summed E-state index contributed by atoms with van der Waals surface area (Å²) in [6.07, 6.45) is -0.0951. The number of benzene rings is 1. The molecule has 1 aromatic rings. The monoisotopic (exact) mass is 195 g/mol. The fraction of sp³-hybridized carbons (Fsp3) is 0.200. The summed E-state index contributed by atoms with van der Waals surface area (Å²) in [4.78, 5) is 10.8. The zero-order valence-electron chi connectivity index (χ0n) is 7.71. The second kappa shape index (κ2) is 4.50. The van der Waals surface area contributed by atoms with Crippen molar-refractivity contribution in [3.8, 4) is 0 Å². The van der Waals surface area contributed by atoms with Gasteiger partial charge in [0, 0.05) is 5.71 Å². The summed E-state index contributed by atoms with van der Waals surface area (Å²) >= 11 is 0. The molecule has 0 heterocycles. The van der Waals surface area contributed by atoms with E-state index in [4.69, 9.17) is 5.41 Å². The number of methoxy groups -OCH3 is 1. The standard InChI is InChI=1S/C10H10FNO2/c1-14-10(13)6-9(12)7-2-4-8(11)5-3-7/h2-5,12H,6H2,1H3. The third-order valence-corrected chi connectivity index (χ3v) is 1.74. The lowest BCUT2D eigenvalue weighted by atomic mass is 10.1. The van der Waals surface area contributed by atoms with Gasteiger partial charge in [-0.25, -0.2) is 4.39 Å². The Morgan fingerprint density at radius 1 is 1.43 bits per heavy atom. The quantitative estimate of drug-likeness (QED) is 0.590. The second-order valence-corrected chi connectivity index (χ2v) is 2.74. The maximum absolute atomic E-state index is 12.5. The summed E-state index contributed by atoms with van der Waals surface area (Å²) < 4.78 is 16.9. The van der Waals surface area contributed by atoms with E-state index in [1.54, 1.807) is 0 Å². The molecule has 0 aromatic heterocycles. The van der Waals surface area contributed by atoms with Crippen molar-refractivity contribution in [3.63, 3.8) is 0 Å². The Balaban J connectivity index is 2.70. The van der Waals surface area contributed by atoms with Gasteiger partial charge in [0.15, 0.2) is 0 Å². The van der Waals surface area contributed by atoms with E-state index in [0.29, 0.717) is 5.56 Å². The largest absolute Gasteiger partial charge is 0.469 e. The van der Waals surface area contributed by atoms with Crippen LogP contribution in [0.15, 0.2) is 24.3 Å². The van der Waals surface area contributed by atoms with Crippen LogP contribution in [0.4, 0.5) is 4.39 Å². The first-order chi connectivity index (χ1) is 6.63. The minimum absolute atomic E-state index is 0.0951. The lowest BCUT2D eigenvalue weighted by Gasteiger charge is -2.02. The first-order valence-electron chi connectivity index (χ1n) is 4.03. The van der Waals surface area contributed by atoms with Gasteiger partial charge < -0.3 is 10.1 Å². The van der Waals surface area contributed by atoms with Gasteiger partial charge in [-0.3, -0.25) is 4.79 Å². The summed E-state index contributed by atoms with van der Waals surface area (Å²) in [6.45, 7) is 0. The van der Waals surface area contributed by atoms with E-state index in [-0.39, 0.29) is 17.9 Å². The second-order valence-electron chi connectivity index (χ2n) is 2.74. The van der Waals surface area contributed by atoms with Crippen molar-refractivity contribution in [2.24, 2.45) is 0 Å². The van der Waals surface area contributed by atoms with Crippen LogP contribution in [0.5, 0.6) is 0 Å². The number of halogens is 1. The van der Waals surface area contributed by atoms with Gasteiger partial charge in [0.2, 0.25) is 0 Å². The van der Waals surface area contributed by atoms with Gasteiger partial charge in [-0.1, -0.05) is 12.1 Å². The third kappa shape index (κ3) is 2.65. The number of esters is 1. The predicted molar refractivity (Wildman–Crippen MR) is 49.9 cm³/mol. The van der Waals surface area contributed by atoms with E-state index in [0.717, 1.165) is 0 Å². The molecule has 74 valence electrons. The maximum Gasteiger partial charge on any atom is 0.311 e. The Hall–Kier alpha value is -1.71. The van der Waals surface area contributed by atoms with Crippen molar-refractivity contribution in [1.82, 2.24) is 0 Å². The molecule has 0 aliphatic carbocycles. The molecule has 0 fully saturated rings. The van der Waals surface area contributed by atoms with Gasteiger partial charge in [-0.2, -0.15) is 0 Å². The summed E-state index contributed by atoms with van der Waals surface area (Å²) in [7, 11) is 1.26. The molecule has 0 aliphatic heterocycles. The number of carbonyl (C=O) groups excluding carboxylic acids is 1. The van der Waals surface area contributed by atoms with Gasteiger partial charge in [-0.05, 0) is 17.7 Å². The summed E-state index contributed by atoms with van der Waals surface area (Å²) in [6, 6.07) is 5.42. The minimum atomic E-state index is -0.473. The van der Waals surface area contributed by atoms with Crippen LogP contribution in [0.25, 0.3) is 0 Å². The number of carbonyl (C=O) groups is 1. The van der Waals surface area contributed by atoms with Crippen molar-refractivity contribution < 1.29 is 13.9 Å². The average molecular weight is 195 g/mol. The van der Waals surface area contributed by atoms with Crippen LogP contribution in [-0.4, -0.2) is 18.8 Å². The molecule has 3 nitrogen and oxygen atoms in total. The summed E-state index contributed by atoms with van der Waals surface area (Å²) in [5.41, 5.74) is 0.647. The number of ether oxygens (including phenoxy) is 1. The summed E-state index contributed by atoms with van der Waals surface area (Å²) in [5.74, 6) is -0.834. The Morgan fingerprint density at radius 3 is 2.50 bits per heavy atom. The molecular formula is C10H10FNO2. The van der Waals surface area contributed by atoms with Crippen molar-refractivity contribution in [3.05, 3.63) is 35.6 Å². The molecule has 0 amide bonds. The molecular weight excluding hydrogens is 185 g/mol. The van der Waals surface area contributed by atoms with E-state index < -0.39 is 5.97 Å². The summed E-state index contributed by atoms with van der Waals surface area (Å²) in [5, 5.41) is 7.51. The molecule has 1 aromatic carbocycles. The highest BCUT2D eigenvalue weighted by molar-refractivity contribution is 6.07. The Bertz CT molecular complexity index is 346. The topological polar surface area (TPSA) is 50.2 Å². The number of nitrogens with one attached hydrogen (secondary N) is 1. The Morgan fingerprint density at radius 2 is 2.00 bits per heavy atom. The van der Waals surface area contributed by atoms with E-state index >= 15 is 0 Å². The Kier molecular flexibility index (Phi) is 3.34. The van der Waals surface area contributed by atoms with Gasteiger partial charge in [0.1, 0.15) is 5.82 Å². The van der Waals surface area contributed by atoms with E-state index in [1.165, 1.54) is 31.4 Å². The zero-order valence-corrected chi connectivity index (χ0v) is 7.71. The first kappa shape index (κ1) is 10.4. The number of rotatable bonds is 3. The van der Waals surface area contributed by atoms with Crippen molar-refractivity contribution in [2.75, 3.05) is 7.11 Å². The van der Waals surface area contributed by atoms with E-state index in [1.807, 2.05) is 0 Å². The van der Waals surface area contributed by atoms with E-state index in [9.17, 15) is 9.18 Å². The van der Waals surface area contributed by atoms with Gasteiger partial charge in [0.25, 0.3) is 0 Å². The molecule has 1 N–H and O–H groups in total. The zero-order chi connectivity index (χ0) is 10.6. The molecule has 0 atom stereocenters. The normalized spacial score (nSPS) is 9.57. The highest BCUT2D eigenvalue weighted by atomic mass is 19.1. The molecule has 14 heavy (non-hydrogen) atoms. The van der Waals surface area contributed by atoms with Crippen LogP contribution in [0, 0.1) is 11.2 Å². The third-order valence-electron chi connectivity index (χ3n) is 1.74. The SMILES string of the molecule is COC(=O)CC(=N)c1ccc(F)cc1. The van der Waals surface area contributed by atoms with Crippen LogP contribution in [0.3, 0.4) is 0 Å². The first-order valence-corrected chi connectivity index (χ1v) is 4.03. The maximum atomic E-state index is 12.5. The van der Waals surface area contributed by atoms with Crippen LogP contribution in [0.2, 0.25) is 0 Å². The van der Waals surface area contributed by atoms with Crippen LogP contribution >= 0.6 is 0 Å². The van der Waals surface area contributed by atoms with E-state index in [2.05, 4.69) is 4.74 Å². The average Bonchev–Trinajstić information content (AvgIpc) is 2.18. The molecule has 0 unspecified atom stereocenters. The van der Waals surface area contributed by atoms with Crippen molar-refractivity contribution in [2.45, 2.75) is 6.42 Å². The molecule has 1 rings (SSSR count). The molecule has 0 radical (unpaired) electrons. The fourth-order valence-electron chi connectivity index (χ4n) is 0.970. The molecule has 0 aliphatic rings. The fourth-order valence-corrected chi connectivity index (χ4v) is 0.970. The predicted octanol–water partition coefficient (Wildman–Crippen LogP) is 1.76. The van der Waals surface area contributed by atoms with Crippen LogP contribution in [-0.2, 0) is 9.53 Å². The highest BCUT2D eigenvalue weighted by Gasteiger charge is 2.07. The lowest BCUT2D eigenvalue weighted by Crippen LogP contribution is -2.09. The lowest BCUT2D eigenvalue weighted by molar-refractivity contribution is -0.139. The smallest absolute Gasteiger partial charge is 0.311 e. The molecule has 0 saturated heterocycles. The van der Waals surface area contributed by atoms with Gasteiger partial charge >= 0.3 is 5.97 Å². The Labute approximate surface area is 81.0 Å². The van der Waals surface area contributed by atoms with Crippen molar-refractivity contribution >= 4 is 11.7 Å².